The highest BCUT2D eigenvalue weighted by molar-refractivity contribution is 7.90. The van der Waals surface area contributed by atoms with Gasteiger partial charge >= 0.3 is 6.01 Å². The molecule has 3 rings (SSSR count). The Hall–Kier alpha value is -2.78. The first-order valence-corrected chi connectivity index (χ1v) is 11.3. The summed E-state index contributed by atoms with van der Waals surface area (Å²) in [4.78, 5) is 20.1. The minimum atomic E-state index is -3.41. The monoisotopic (exact) mass is 451 g/mol. The van der Waals surface area contributed by atoms with Crippen LogP contribution in [0.2, 0.25) is 5.02 Å². The molecule has 0 fully saturated rings. The molecular formula is C20H19ClFN3O4S. The second kappa shape index (κ2) is 8.93. The lowest BCUT2D eigenvalue weighted by molar-refractivity contribution is 0.410. The van der Waals surface area contributed by atoms with Crippen molar-refractivity contribution in [2.24, 2.45) is 7.05 Å². The van der Waals surface area contributed by atoms with Crippen molar-refractivity contribution in [3.63, 3.8) is 0 Å². The Morgan fingerprint density at radius 1 is 1.20 bits per heavy atom. The van der Waals surface area contributed by atoms with Crippen LogP contribution in [-0.4, -0.2) is 28.7 Å². The van der Waals surface area contributed by atoms with Crippen LogP contribution in [0.15, 0.2) is 47.4 Å². The van der Waals surface area contributed by atoms with E-state index < -0.39 is 15.7 Å². The van der Waals surface area contributed by atoms with Crippen LogP contribution in [0.5, 0.6) is 11.8 Å². The van der Waals surface area contributed by atoms with Gasteiger partial charge in [-0.25, -0.2) is 12.8 Å². The SMILES string of the molecule is CCCS(=O)(=O)Cc1cc(-c2ccc(=O)n(C)c2)nc(Oc2c(F)cccc2Cl)n1. The Morgan fingerprint density at radius 2 is 1.97 bits per heavy atom. The van der Waals surface area contributed by atoms with Gasteiger partial charge in [0, 0.05) is 24.9 Å². The molecule has 0 bridgehead atoms. The molecule has 0 atom stereocenters. The van der Waals surface area contributed by atoms with Crippen molar-refractivity contribution in [1.82, 2.24) is 14.5 Å². The zero-order valence-corrected chi connectivity index (χ0v) is 17.9. The molecule has 0 saturated heterocycles. The topological polar surface area (TPSA) is 91.2 Å². The van der Waals surface area contributed by atoms with Crippen LogP contribution in [0.25, 0.3) is 11.3 Å². The molecule has 3 aromatic rings. The molecule has 10 heteroatoms. The average molecular weight is 452 g/mol. The zero-order valence-electron chi connectivity index (χ0n) is 16.3. The maximum absolute atomic E-state index is 14.1. The number of sulfone groups is 1. The van der Waals surface area contributed by atoms with Crippen molar-refractivity contribution < 1.29 is 17.5 Å². The molecule has 2 heterocycles. The number of nitrogens with zero attached hydrogens (tertiary/aromatic N) is 3. The summed E-state index contributed by atoms with van der Waals surface area (Å²) in [5, 5.41) is 0.0197. The van der Waals surface area contributed by atoms with Crippen molar-refractivity contribution in [3.05, 3.63) is 69.5 Å². The Kier molecular flexibility index (Phi) is 6.52. The van der Waals surface area contributed by atoms with Gasteiger partial charge in [0.1, 0.15) is 0 Å². The van der Waals surface area contributed by atoms with E-state index in [1.807, 2.05) is 0 Å². The fourth-order valence-corrected chi connectivity index (χ4v) is 4.33. The number of para-hydroxylation sites is 1. The van der Waals surface area contributed by atoms with Crippen molar-refractivity contribution in [2.45, 2.75) is 19.1 Å². The number of hydrogen-bond acceptors (Lipinski definition) is 6. The predicted molar refractivity (Wildman–Crippen MR) is 112 cm³/mol. The normalized spacial score (nSPS) is 11.5. The van der Waals surface area contributed by atoms with Gasteiger partial charge in [-0.05, 0) is 30.7 Å². The van der Waals surface area contributed by atoms with Gasteiger partial charge < -0.3 is 9.30 Å². The summed E-state index contributed by atoms with van der Waals surface area (Å²) in [6.45, 7) is 1.77. The maximum atomic E-state index is 14.1. The third-order valence-corrected chi connectivity index (χ3v) is 6.20. The van der Waals surface area contributed by atoms with Gasteiger partial charge in [-0.3, -0.25) is 4.79 Å². The lowest BCUT2D eigenvalue weighted by atomic mass is 10.2. The number of halogens is 2. The highest BCUT2D eigenvalue weighted by Crippen LogP contribution is 2.31. The number of ether oxygens (including phenoxy) is 1. The molecule has 30 heavy (non-hydrogen) atoms. The van der Waals surface area contributed by atoms with Crippen LogP contribution in [0, 0.1) is 5.82 Å². The number of hydrogen-bond donors (Lipinski definition) is 0. The number of pyridine rings is 1. The number of aromatic nitrogens is 3. The highest BCUT2D eigenvalue weighted by Gasteiger charge is 2.18. The van der Waals surface area contributed by atoms with Crippen LogP contribution < -0.4 is 10.3 Å². The van der Waals surface area contributed by atoms with Crippen molar-refractivity contribution in [2.75, 3.05) is 5.75 Å². The molecule has 0 spiro atoms. The number of aryl methyl sites for hydroxylation is 1. The van der Waals surface area contributed by atoms with E-state index in [2.05, 4.69) is 9.97 Å². The minimum Gasteiger partial charge on any atom is -0.420 e. The van der Waals surface area contributed by atoms with Crippen LogP contribution in [-0.2, 0) is 22.6 Å². The summed E-state index contributed by atoms with van der Waals surface area (Å²) >= 11 is 6.01. The van der Waals surface area contributed by atoms with E-state index in [-0.39, 0.29) is 39.5 Å². The Bertz CT molecular complexity index is 1220. The Balaban J connectivity index is 2.10. The first-order valence-electron chi connectivity index (χ1n) is 9.06. The molecule has 0 unspecified atom stereocenters. The van der Waals surface area contributed by atoms with E-state index in [0.29, 0.717) is 17.7 Å². The van der Waals surface area contributed by atoms with Crippen molar-refractivity contribution >= 4 is 21.4 Å². The van der Waals surface area contributed by atoms with Crippen molar-refractivity contribution in [1.29, 1.82) is 0 Å². The molecule has 1 aromatic carbocycles. The van der Waals surface area contributed by atoms with Gasteiger partial charge in [-0.15, -0.1) is 0 Å². The molecule has 0 radical (unpaired) electrons. The average Bonchev–Trinajstić information content (AvgIpc) is 2.66. The van der Waals surface area contributed by atoms with Gasteiger partial charge in [-0.1, -0.05) is 24.6 Å². The van der Waals surface area contributed by atoms with Crippen LogP contribution >= 0.6 is 11.6 Å². The van der Waals surface area contributed by atoms with E-state index >= 15 is 0 Å². The molecule has 0 aliphatic rings. The predicted octanol–water partition coefficient (Wildman–Crippen LogP) is 3.75. The van der Waals surface area contributed by atoms with E-state index in [1.54, 1.807) is 26.2 Å². The van der Waals surface area contributed by atoms with Crippen LogP contribution in [0.1, 0.15) is 19.0 Å². The lowest BCUT2D eigenvalue weighted by Crippen LogP contribution is -2.14. The number of rotatable bonds is 7. The zero-order chi connectivity index (χ0) is 21.9. The molecule has 0 amide bonds. The van der Waals surface area contributed by atoms with E-state index in [9.17, 15) is 17.6 Å². The minimum absolute atomic E-state index is 0.00150. The van der Waals surface area contributed by atoms with E-state index in [1.165, 1.54) is 34.9 Å². The van der Waals surface area contributed by atoms with Gasteiger partial charge in [0.15, 0.2) is 21.4 Å². The van der Waals surface area contributed by atoms with Crippen molar-refractivity contribution in [3.8, 4) is 23.0 Å². The molecule has 7 nitrogen and oxygen atoms in total. The van der Waals surface area contributed by atoms with Gasteiger partial charge in [-0.2, -0.15) is 9.97 Å². The summed E-state index contributed by atoms with van der Waals surface area (Å²) in [6.07, 6.45) is 2.02. The molecule has 2 aromatic heterocycles. The quantitative estimate of drug-likeness (QED) is 0.543. The standard InChI is InChI=1S/C20H19ClFN3O4S/c1-3-9-30(27,28)12-14-10-17(13-7-8-18(26)25(2)11-13)24-20(23-14)29-19-15(21)5-4-6-16(19)22/h4-8,10-11H,3,9,12H2,1-2H3. The van der Waals surface area contributed by atoms with Crippen LogP contribution in [0.3, 0.4) is 0 Å². The molecular weight excluding hydrogens is 433 g/mol. The van der Waals surface area contributed by atoms with Crippen LogP contribution in [0.4, 0.5) is 4.39 Å². The second-order valence-corrected chi connectivity index (χ2v) is 9.23. The Morgan fingerprint density at radius 3 is 2.63 bits per heavy atom. The largest absolute Gasteiger partial charge is 0.420 e. The fourth-order valence-electron chi connectivity index (χ4n) is 2.77. The van der Waals surface area contributed by atoms with Gasteiger partial charge in [0.05, 0.1) is 27.9 Å². The van der Waals surface area contributed by atoms with Gasteiger partial charge in [0.25, 0.3) is 0 Å². The first-order chi connectivity index (χ1) is 14.2. The molecule has 158 valence electrons. The summed E-state index contributed by atoms with van der Waals surface area (Å²) < 4.78 is 45.6. The summed E-state index contributed by atoms with van der Waals surface area (Å²) in [6, 6.07) is 8.20. The van der Waals surface area contributed by atoms with E-state index in [4.69, 9.17) is 16.3 Å². The smallest absolute Gasteiger partial charge is 0.322 e. The van der Waals surface area contributed by atoms with E-state index in [0.717, 1.165) is 0 Å². The Labute approximate surface area is 178 Å². The third kappa shape index (κ3) is 5.22. The molecule has 0 aliphatic carbocycles. The van der Waals surface area contributed by atoms with Gasteiger partial charge in [0.2, 0.25) is 5.56 Å². The maximum Gasteiger partial charge on any atom is 0.322 e. The third-order valence-electron chi connectivity index (χ3n) is 4.14. The first kappa shape index (κ1) is 21.9. The summed E-state index contributed by atoms with van der Waals surface area (Å²) in [5.41, 5.74) is 0.834. The summed E-state index contributed by atoms with van der Waals surface area (Å²) in [5.74, 6) is -1.30. The summed E-state index contributed by atoms with van der Waals surface area (Å²) in [7, 11) is -1.83. The highest BCUT2D eigenvalue weighted by atomic mass is 35.5. The molecule has 0 saturated carbocycles. The number of benzene rings is 1. The fraction of sp³-hybridized carbons (Fsp3) is 0.250. The lowest BCUT2D eigenvalue weighted by Gasteiger charge is -2.11. The molecule has 0 aliphatic heterocycles. The molecule has 0 N–H and O–H groups in total. The second-order valence-electron chi connectivity index (χ2n) is 6.64.